The molecule has 3 nitrogen and oxygen atoms in total. The molecule has 1 fully saturated rings. The summed E-state index contributed by atoms with van der Waals surface area (Å²) in [4.78, 5) is 0. The Labute approximate surface area is 76.4 Å². The van der Waals surface area contributed by atoms with Gasteiger partial charge in [-0.05, 0) is 20.3 Å². The fourth-order valence-corrected chi connectivity index (χ4v) is 2.59. The molecule has 1 saturated heterocycles. The van der Waals surface area contributed by atoms with Gasteiger partial charge in [-0.15, -0.1) is 0 Å². The van der Waals surface area contributed by atoms with E-state index in [1.165, 1.54) is 0 Å². The lowest BCUT2D eigenvalue weighted by atomic mass is 9.94. The van der Waals surface area contributed by atoms with Crippen LogP contribution in [0.2, 0.25) is 0 Å². The molecule has 0 radical (unpaired) electrons. The monoisotopic (exact) mass is 191 g/mol. The van der Waals surface area contributed by atoms with Gasteiger partial charge in [0.1, 0.15) is 0 Å². The van der Waals surface area contributed by atoms with Crippen LogP contribution in [-0.4, -0.2) is 37.6 Å². The zero-order chi connectivity index (χ0) is 9.35. The van der Waals surface area contributed by atoms with Gasteiger partial charge in [0.2, 0.25) is 0 Å². The molecule has 1 rings (SSSR count). The highest BCUT2D eigenvalue weighted by Crippen LogP contribution is 2.26. The van der Waals surface area contributed by atoms with E-state index in [0.29, 0.717) is 13.1 Å². The molecule has 4 heteroatoms. The van der Waals surface area contributed by atoms with Gasteiger partial charge in [0.15, 0.2) is 0 Å². The first-order valence-corrected chi connectivity index (χ1v) is 5.53. The standard InChI is InChI=1S/C8H17NO2S/c1-4-8(10)5-9(6-8)12(11)7(2)3/h7,10H,4-6H2,1-3H3. The Morgan fingerprint density at radius 2 is 2.08 bits per heavy atom. The predicted octanol–water partition coefficient (Wildman–Crippen LogP) is 0.515. The molecular formula is C8H17NO2S. The molecule has 0 bridgehead atoms. The van der Waals surface area contributed by atoms with Crippen molar-refractivity contribution in [3.63, 3.8) is 0 Å². The first-order valence-electron chi connectivity index (χ1n) is 4.36. The van der Waals surface area contributed by atoms with E-state index in [2.05, 4.69) is 0 Å². The fourth-order valence-electron chi connectivity index (χ4n) is 1.26. The Balaban J connectivity index is 2.39. The second-order valence-electron chi connectivity index (χ2n) is 3.70. The molecule has 72 valence electrons. The normalized spacial score (nSPS) is 25.4. The van der Waals surface area contributed by atoms with Crippen molar-refractivity contribution in [1.29, 1.82) is 0 Å². The third-order valence-electron chi connectivity index (χ3n) is 2.26. The van der Waals surface area contributed by atoms with E-state index in [1.54, 1.807) is 0 Å². The van der Waals surface area contributed by atoms with Crippen LogP contribution >= 0.6 is 0 Å². The molecule has 12 heavy (non-hydrogen) atoms. The number of rotatable bonds is 3. The van der Waals surface area contributed by atoms with Crippen LogP contribution in [0.5, 0.6) is 0 Å². The maximum atomic E-state index is 11.5. The summed E-state index contributed by atoms with van der Waals surface area (Å²) in [5.74, 6) is 0. The number of hydrogen-bond acceptors (Lipinski definition) is 2. The molecule has 1 heterocycles. The highest BCUT2D eigenvalue weighted by atomic mass is 32.2. The van der Waals surface area contributed by atoms with Crippen LogP contribution in [0.25, 0.3) is 0 Å². The molecule has 0 aromatic rings. The molecule has 0 aliphatic carbocycles. The predicted molar refractivity (Wildman–Crippen MR) is 50.1 cm³/mol. The van der Waals surface area contributed by atoms with Gasteiger partial charge in [0, 0.05) is 18.3 Å². The summed E-state index contributed by atoms with van der Waals surface area (Å²) in [6.07, 6.45) is 0.749. The van der Waals surface area contributed by atoms with E-state index >= 15 is 0 Å². The molecule has 0 saturated carbocycles. The van der Waals surface area contributed by atoms with E-state index in [0.717, 1.165) is 6.42 Å². The van der Waals surface area contributed by atoms with Crippen LogP contribution in [-0.2, 0) is 11.0 Å². The van der Waals surface area contributed by atoms with Crippen LogP contribution < -0.4 is 0 Å². The molecule has 0 spiro atoms. The number of hydrogen-bond donors (Lipinski definition) is 1. The van der Waals surface area contributed by atoms with E-state index in [9.17, 15) is 9.32 Å². The average Bonchev–Trinajstić information content (AvgIpc) is 1.97. The van der Waals surface area contributed by atoms with E-state index in [-0.39, 0.29) is 5.25 Å². The Hall–Kier alpha value is 0.0700. The summed E-state index contributed by atoms with van der Waals surface area (Å²) in [7, 11) is -0.905. The zero-order valence-corrected chi connectivity index (χ0v) is 8.73. The summed E-state index contributed by atoms with van der Waals surface area (Å²) in [5.41, 5.74) is -0.565. The van der Waals surface area contributed by atoms with Gasteiger partial charge in [-0.2, -0.15) is 0 Å². The molecule has 1 aliphatic rings. The quantitative estimate of drug-likeness (QED) is 0.706. The molecule has 0 amide bonds. The van der Waals surface area contributed by atoms with Crippen molar-refractivity contribution in [2.75, 3.05) is 13.1 Å². The Kier molecular flexibility index (Phi) is 2.91. The molecule has 0 aromatic heterocycles. The molecule has 1 N–H and O–H groups in total. The minimum Gasteiger partial charge on any atom is -0.387 e. The van der Waals surface area contributed by atoms with E-state index in [1.807, 2.05) is 25.1 Å². The maximum Gasteiger partial charge on any atom is 0.0970 e. The molecular weight excluding hydrogens is 174 g/mol. The third kappa shape index (κ3) is 1.87. The summed E-state index contributed by atoms with van der Waals surface area (Å²) in [5, 5.41) is 9.80. The van der Waals surface area contributed by atoms with Gasteiger partial charge in [-0.1, -0.05) is 6.92 Å². The zero-order valence-electron chi connectivity index (χ0n) is 7.91. The van der Waals surface area contributed by atoms with Gasteiger partial charge in [-0.25, -0.2) is 8.51 Å². The maximum absolute atomic E-state index is 11.5. The van der Waals surface area contributed by atoms with Gasteiger partial charge in [0.05, 0.1) is 16.6 Å². The highest BCUT2D eigenvalue weighted by molar-refractivity contribution is 7.83. The van der Waals surface area contributed by atoms with Crippen molar-refractivity contribution in [2.24, 2.45) is 0 Å². The summed E-state index contributed by atoms with van der Waals surface area (Å²) < 4.78 is 13.3. The topological polar surface area (TPSA) is 40.5 Å². The summed E-state index contributed by atoms with van der Waals surface area (Å²) in [6.45, 7) is 6.94. The Morgan fingerprint density at radius 3 is 2.42 bits per heavy atom. The smallest absolute Gasteiger partial charge is 0.0970 e. The van der Waals surface area contributed by atoms with Crippen LogP contribution in [0.15, 0.2) is 0 Å². The molecule has 0 aromatic carbocycles. The van der Waals surface area contributed by atoms with E-state index < -0.39 is 16.6 Å². The molecule has 1 atom stereocenters. The summed E-state index contributed by atoms with van der Waals surface area (Å²) in [6, 6.07) is 0. The number of aliphatic hydroxyl groups is 1. The van der Waals surface area contributed by atoms with Crippen molar-refractivity contribution in [3.05, 3.63) is 0 Å². The summed E-state index contributed by atoms with van der Waals surface area (Å²) >= 11 is 0. The molecule has 1 unspecified atom stereocenters. The Bertz CT molecular complexity index is 187. The molecule has 1 aliphatic heterocycles. The van der Waals surface area contributed by atoms with Gasteiger partial charge in [0.25, 0.3) is 0 Å². The first-order chi connectivity index (χ1) is 5.48. The second kappa shape index (κ2) is 3.44. The van der Waals surface area contributed by atoms with Crippen molar-refractivity contribution in [1.82, 2.24) is 4.31 Å². The first kappa shape index (κ1) is 10.2. The van der Waals surface area contributed by atoms with Crippen LogP contribution in [0.1, 0.15) is 27.2 Å². The van der Waals surface area contributed by atoms with Gasteiger partial charge >= 0.3 is 0 Å². The minimum absolute atomic E-state index is 0.159. The van der Waals surface area contributed by atoms with Gasteiger partial charge < -0.3 is 5.11 Å². The lowest BCUT2D eigenvalue weighted by Crippen LogP contribution is -2.62. The number of nitrogens with zero attached hydrogens (tertiary/aromatic N) is 1. The lowest BCUT2D eigenvalue weighted by Gasteiger charge is -2.45. The van der Waals surface area contributed by atoms with Crippen molar-refractivity contribution in [2.45, 2.75) is 38.0 Å². The highest BCUT2D eigenvalue weighted by Gasteiger charge is 2.42. The SMILES string of the molecule is CCC1(O)CN(S(=O)C(C)C)C1. The van der Waals surface area contributed by atoms with Crippen molar-refractivity contribution < 1.29 is 9.32 Å². The van der Waals surface area contributed by atoms with E-state index in [4.69, 9.17) is 0 Å². The minimum atomic E-state index is -0.905. The largest absolute Gasteiger partial charge is 0.387 e. The Morgan fingerprint density at radius 1 is 1.58 bits per heavy atom. The number of β-amino-alcohol motifs (C(OH)–C–C–N with tert-alkyl or cyclic N) is 1. The van der Waals surface area contributed by atoms with Crippen LogP contribution in [0.3, 0.4) is 0 Å². The van der Waals surface area contributed by atoms with Crippen molar-refractivity contribution in [3.8, 4) is 0 Å². The van der Waals surface area contributed by atoms with Crippen molar-refractivity contribution >= 4 is 11.0 Å². The second-order valence-corrected chi connectivity index (χ2v) is 5.71. The van der Waals surface area contributed by atoms with Gasteiger partial charge in [-0.3, -0.25) is 0 Å². The third-order valence-corrected chi connectivity index (χ3v) is 3.83. The average molecular weight is 191 g/mol. The van der Waals surface area contributed by atoms with Crippen LogP contribution in [0, 0.1) is 0 Å². The fraction of sp³-hybridized carbons (Fsp3) is 1.00. The lowest BCUT2D eigenvalue weighted by molar-refractivity contribution is -0.0594. The van der Waals surface area contributed by atoms with Crippen LogP contribution in [0.4, 0.5) is 0 Å².